The fourth-order valence-corrected chi connectivity index (χ4v) is 3.38. The van der Waals surface area contributed by atoms with E-state index in [1.807, 2.05) is 26.0 Å². The van der Waals surface area contributed by atoms with Crippen molar-refractivity contribution in [2.24, 2.45) is 4.99 Å². The van der Waals surface area contributed by atoms with E-state index in [-0.39, 0.29) is 11.9 Å². The van der Waals surface area contributed by atoms with Gasteiger partial charge in [0.2, 0.25) is 0 Å². The summed E-state index contributed by atoms with van der Waals surface area (Å²) in [5.74, 6) is 0.559. The lowest BCUT2D eigenvalue weighted by Crippen LogP contribution is -2.44. The number of benzene rings is 1. The molecule has 1 heterocycles. The molecule has 2 N–H and O–H groups in total. The normalized spacial score (nSPS) is 18.0. The van der Waals surface area contributed by atoms with Crippen molar-refractivity contribution in [2.75, 3.05) is 39.8 Å². The van der Waals surface area contributed by atoms with Crippen LogP contribution < -0.4 is 10.6 Å². The Labute approximate surface area is 170 Å². The Morgan fingerprint density at radius 3 is 2.45 bits per heavy atom. The lowest BCUT2D eigenvalue weighted by atomic mass is 10.1. The van der Waals surface area contributed by atoms with Crippen LogP contribution in [-0.4, -0.2) is 73.7 Å². The van der Waals surface area contributed by atoms with Gasteiger partial charge in [0.05, 0.1) is 6.54 Å². The molecule has 1 saturated heterocycles. The third-order valence-corrected chi connectivity index (χ3v) is 4.95. The molecule has 0 aromatic heterocycles. The van der Waals surface area contributed by atoms with Gasteiger partial charge >= 0.3 is 6.18 Å². The predicted molar refractivity (Wildman–Crippen MR) is 108 cm³/mol. The van der Waals surface area contributed by atoms with Gasteiger partial charge in [-0.15, -0.1) is 0 Å². The highest BCUT2D eigenvalue weighted by molar-refractivity contribution is 5.94. The van der Waals surface area contributed by atoms with E-state index in [9.17, 15) is 18.0 Å². The number of alkyl halides is 3. The molecule has 0 radical (unpaired) electrons. The first-order valence-electron chi connectivity index (χ1n) is 9.90. The molecule has 6 nitrogen and oxygen atoms in total. The number of amides is 1. The van der Waals surface area contributed by atoms with E-state index >= 15 is 0 Å². The number of nitrogens with one attached hydrogen (secondary N) is 2. The molecule has 0 bridgehead atoms. The maximum atomic E-state index is 12.5. The average Bonchev–Trinajstić information content (AvgIpc) is 3.11. The highest BCUT2D eigenvalue weighted by Crippen LogP contribution is 2.19. The van der Waals surface area contributed by atoms with Crippen LogP contribution >= 0.6 is 0 Å². The number of halogens is 3. The smallest absolute Gasteiger partial charge is 0.352 e. The van der Waals surface area contributed by atoms with Crippen molar-refractivity contribution in [2.45, 2.75) is 39.0 Å². The van der Waals surface area contributed by atoms with Crippen LogP contribution in [0.5, 0.6) is 0 Å². The monoisotopic (exact) mass is 413 g/mol. The van der Waals surface area contributed by atoms with Gasteiger partial charge in [-0.25, -0.2) is 0 Å². The van der Waals surface area contributed by atoms with Crippen molar-refractivity contribution in [3.05, 3.63) is 35.4 Å². The SMILES string of the molecule is CCN(CC)C(=O)c1ccc(CNC(=NC)NC2CCN(CC(F)(F)F)C2)cc1. The van der Waals surface area contributed by atoms with Gasteiger partial charge in [0.15, 0.2) is 5.96 Å². The van der Waals surface area contributed by atoms with Crippen LogP contribution in [0.4, 0.5) is 13.2 Å². The van der Waals surface area contributed by atoms with Gasteiger partial charge in [-0.05, 0) is 38.0 Å². The van der Waals surface area contributed by atoms with E-state index in [0.717, 1.165) is 5.56 Å². The molecule has 29 heavy (non-hydrogen) atoms. The molecule has 1 aromatic rings. The number of guanidine groups is 1. The molecule has 1 unspecified atom stereocenters. The number of nitrogens with zero attached hydrogens (tertiary/aromatic N) is 3. The topological polar surface area (TPSA) is 60.0 Å². The Hall–Kier alpha value is -2.29. The van der Waals surface area contributed by atoms with Crippen molar-refractivity contribution in [3.8, 4) is 0 Å². The van der Waals surface area contributed by atoms with Gasteiger partial charge in [-0.3, -0.25) is 14.7 Å². The van der Waals surface area contributed by atoms with Crippen LogP contribution in [-0.2, 0) is 6.54 Å². The number of rotatable bonds is 7. The summed E-state index contributed by atoms with van der Waals surface area (Å²) < 4.78 is 37.5. The number of carbonyl (C=O) groups is 1. The summed E-state index contributed by atoms with van der Waals surface area (Å²) in [4.78, 5) is 19.7. The number of hydrogen-bond donors (Lipinski definition) is 2. The molecular weight excluding hydrogens is 383 g/mol. The molecule has 0 spiro atoms. The number of likely N-dealkylation sites (tertiary alicyclic amines) is 1. The van der Waals surface area contributed by atoms with Crippen LogP contribution in [0.1, 0.15) is 36.2 Å². The average molecular weight is 413 g/mol. The lowest BCUT2D eigenvalue weighted by Gasteiger charge is -2.20. The van der Waals surface area contributed by atoms with Crippen molar-refractivity contribution < 1.29 is 18.0 Å². The molecule has 0 saturated carbocycles. The minimum absolute atomic E-state index is 0.0108. The molecule has 1 aliphatic heterocycles. The Balaban J connectivity index is 1.83. The molecule has 1 aromatic carbocycles. The summed E-state index contributed by atoms with van der Waals surface area (Å²) >= 11 is 0. The Morgan fingerprint density at radius 1 is 1.24 bits per heavy atom. The zero-order valence-electron chi connectivity index (χ0n) is 17.2. The van der Waals surface area contributed by atoms with Crippen molar-refractivity contribution in [1.82, 2.24) is 20.4 Å². The van der Waals surface area contributed by atoms with Crippen molar-refractivity contribution >= 4 is 11.9 Å². The standard InChI is InChI=1S/C20H30F3N5O/c1-4-28(5-2)18(29)16-8-6-15(7-9-16)12-25-19(24-3)26-17-10-11-27(13-17)14-20(21,22)23/h6-9,17H,4-5,10-14H2,1-3H3,(H2,24,25,26). The highest BCUT2D eigenvalue weighted by atomic mass is 19.4. The highest BCUT2D eigenvalue weighted by Gasteiger charge is 2.34. The van der Waals surface area contributed by atoms with E-state index < -0.39 is 12.7 Å². The first-order valence-corrected chi connectivity index (χ1v) is 9.90. The van der Waals surface area contributed by atoms with Gasteiger partial charge in [0.25, 0.3) is 5.91 Å². The Bertz CT molecular complexity index is 686. The molecule has 1 fully saturated rings. The van der Waals surface area contributed by atoms with Crippen LogP contribution in [0.2, 0.25) is 0 Å². The molecule has 1 atom stereocenters. The molecule has 2 rings (SSSR count). The molecule has 0 aliphatic carbocycles. The van der Waals surface area contributed by atoms with Gasteiger partial charge in [0, 0.05) is 51.4 Å². The Morgan fingerprint density at radius 2 is 1.90 bits per heavy atom. The second kappa shape index (κ2) is 10.5. The third-order valence-electron chi connectivity index (χ3n) is 4.95. The summed E-state index contributed by atoms with van der Waals surface area (Å²) in [5, 5.41) is 6.35. The second-order valence-corrected chi connectivity index (χ2v) is 7.08. The van der Waals surface area contributed by atoms with Crippen LogP contribution in [0, 0.1) is 0 Å². The van der Waals surface area contributed by atoms with E-state index in [0.29, 0.717) is 50.7 Å². The minimum atomic E-state index is -4.17. The summed E-state index contributed by atoms with van der Waals surface area (Å²) in [6.45, 7) is 5.60. The molecule has 1 aliphatic rings. The van der Waals surface area contributed by atoms with Gasteiger partial charge < -0.3 is 15.5 Å². The fourth-order valence-electron chi connectivity index (χ4n) is 3.38. The molecule has 9 heteroatoms. The van der Waals surface area contributed by atoms with Crippen LogP contribution in [0.15, 0.2) is 29.3 Å². The molecule has 1 amide bonds. The Kier molecular flexibility index (Phi) is 8.31. The van der Waals surface area contributed by atoms with Gasteiger partial charge in [-0.2, -0.15) is 13.2 Å². The maximum absolute atomic E-state index is 12.5. The predicted octanol–water partition coefficient (Wildman–Crippen LogP) is 2.47. The number of hydrogen-bond acceptors (Lipinski definition) is 3. The van der Waals surface area contributed by atoms with E-state index in [1.54, 1.807) is 24.1 Å². The largest absolute Gasteiger partial charge is 0.401 e. The first-order chi connectivity index (χ1) is 13.8. The molecule has 162 valence electrons. The van der Waals surface area contributed by atoms with E-state index in [2.05, 4.69) is 15.6 Å². The number of carbonyl (C=O) groups excluding carboxylic acids is 1. The molecular formula is C20H30F3N5O. The van der Waals surface area contributed by atoms with E-state index in [1.165, 1.54) is 4.90 Å². The quantitative estimate of drug-likeness (QED) is 0.533. The van der Waals surface area contributed by atoms with Crippen molar-refractivity contribution in [3.63, 3.8) is 0 Å². The van der Waals surface area contributed by atoms with Crippen LogP contribution in [0.3, 0.4) is 0 Å². The lowest BCUT2D eigenvalue weighted by molar-refractivity contribution is -0.143. The number of aliphatic imine (C=N–C) groups is 1. The maximum Gasteiger partial charge on any atom is 0.401 e. The van der Waals surface area contributed by atoms with Crippen LogP contribution in [0.25, 0.3) is 0 Å². The second-order valence-electron chi connectivity index (χ2n) is 7.08. The summed E-state index contributed by atoms with van der Waals surface area (Å²) in [6, 6.07) is 7.31. The van der Waals surface area contributed by atoms with E-state index in [4.69, 9.17) is 0 Å². The third kappa shape index (κ3) is 7.23. The summed E-state index contributed by atoms with van der Waals surface area (Å²) in [5.41, 5.74) is 1.63. The summed E-state index contributed by atoms with van der Waals surface area (Å²) in [6.07, 6.45) is -3.54. The fraction of sp³-hybridized carbons (Fsp3) is 0.600. The van der Waals surface area contributed by atoms with Crippen molar-refractivity contribution in [1.29, 1.82) is 0 Å². The summed E-state index contributed by atoms with van der Waals surface area (Å²) in [7, 11) is 1.63. The van der Waals surface area contributed by atoms with Gasteiger partial charge in [0.1, 0.15) is 0 Å². The minimum Gasteiger partial charge on any atom is -0.352 e. The zero-order chi connectivity index (χ0) is 21.4. The first kappa shape index (κ1) is 23.0. The zero-order valence-corrected chi connectivity index (χ0v) is 17.2. The van der Waals surface area contributed by atoms with Gasteiger partial charge in [-0.1, -0.05) is 12.1 Å².